The largest absolute Gasteiger partial charge is 0.322 e. The smallest absolute Gasteiger partial charge is 0.112 e. The number of aliphatic imine (C=N–C) groups is 1. The summed E-state index contributed by atoms with van der Waals surface area (Å²) >= 11 is 1.77. The molecular weight excluding hydrogens is 324 g/mol. The monoisotopic (exact) mass is 344 g/mol. The fraction of sp³-hybridized carbons (Fsp3) is 0.136. The third-order valence-electron chi connectivity index (χ3n) is 4.51. The first-order valence-corrected chi connectivity index (χ1v) is 9.68. The van der Waals surface area contributed by atoms with Crippen LogP contribution in [-0.2, 0) is 0 Å². The number of rotatable bonds is 4. The van der Waals surface area contributed by atoms with Crippen LogP contribution in [0.25, 0.3) is 0 Å². The van der Waals surface area contributed by atoms with E-state index in [1.54, 1.807) is 11.8 Å². The highest BCUT2D eigenvalue weighted by atomic mass is 32.2. The molecule has 2 nitrogen and oxygen atoms in total. The SMILES string of the molecule is CSc1ccc(N2C(=Nc3ccccc3)CC2c2ccccc2)cc1. The van der Waals surface area contributed by atoms with Gasteiger partial charge < -0.3 is 4.90 Å². The van der Waals surface area contributed by atoms with Gasteiger partial charge in [0.05, 0.1) is 11.7 Å². The van der Waals surface area contributed by atoms with Crippen LogP contribution in [0.15, 0.2) is 94.8 Å². The van der Waals surface area contributed by atoms with Crippen molar-refractivity contribution in [2.45, 2.75) is 17.4 Å². The lowest BCUT2D eigenvalue weighted by atomic mass is 9.92. The van der Waals surface area contributed by atoms with Gasteiger partial charge in [-0.2, -0.15) is 0 Å². The Morgan fingerprint density at radius 2 is 1.48 bits per heavy atom. The molecule has 1 aliphatic rings. The number of benzene rings is 3. The molecule has 0 bridgehead atoms. The van der Waals surface area contributed by atoms with E-state index in [0.29, 0.717) is 6.04 Å². The first-order chi connectivity index (χ1) is 12.3. The van der Waals surface area contributed by atoms with Crippen LogP contribution in [0.1, 0.15) is 18.0 Å². The maximum absolute atomic E-state index is 4.88. The molecule has 0 aliphatic carbocycles. The van der Waals surface area contributed by atoms with Gasteiger partial charge in [0.1, 0.15) is 5.84 Å². The first-order valence-electron chi connectivity index (χ1n) is 8.46. The average Bonchev–Trinajstić information content (AvgIpc) is 2.67. The molecule has 3 aromatic carbocycles. The van der Waals surface area contributed by atoms with Crippen LogP contribution >= 0.6 is 11.8 Å². The highest BCUT2D eigenvalue weighted by Gasteiger charge is 2.36. The van der Waals surface area contributed by atoms with Crippen LogP contribution in [0, 0.1) is 0 Å². The van der Waals surface area contributed by atoms with E-state index in [-0.39, 0.29) is 0 Å². The van der Waals surface area contributed by atoms with E-state index in [0.717, 1.165) is 17.9 Å². The minimum absolute atomic E-state index is 0.351. The summed E-state index contributed by atoms with van der Waals surface area (Å²) in [7, 11) is 0. The summed E-state index contributed by atoms with van der Waals surface area (Å²) in [6.07, 6.45) is 3.07. The molecule has 3 heteroatoms. The lowest BCUT2D eigenvalue weighted by Gasteiger charge is -2.44. The summed E-state index contributed by atoms with van der Waals surface area (Å²) in [4.78, 5) is 8.51. The highest BCUT2D eigenvalue weighted by molar-refractivity contribution is 7.98. The van der Waals surface area contributed by atoms with Crippen molar-refractivity contribution in [3.63, 3.8) is 0 Å². The topological polar surface area (TPSA) is 15.6 Å². The summed E-state index contributed by atoms with van der Waals surface area (Å²) in [5.41, 5.74) is 3.55. The zero-order valence-corrected chi connectivity index (χ0v) is 15.0. The first kappa shape index (κ1) is 16.0. The minimum Gasteiger partial charge on any atom is -0.322 e. The quantitative estimate of drug-likeness (QED) is 0.532. The summed E-state index contributed by atoms with van der Waals surface area (Å²) in [6.45, 7) is 0. The van der Waals surface area contributed by atoms with E-state index >= 15 is 0 Å². The zero-order valence-electron chi connectivity index (χ0n) is 14.2. The van der Waals surface area contributed by atoms with Gasteiger partial charge in [0.2, 0.25) is 0 Å². The van der Waals surface area contributed by atoms with E-state index in [9.17, 15) is 0 Å². The van der Waals surface area contributed by atoms with Gasteiger partial charge in [-0.05, 0) is 48.2 Å². The van der Waals surface area contributed by atoms with Crippen molar-refractivity contribution in [3.05, 3.63) is 90.5 Å². The maximum atomic E-state index is 4.88. The van der Waals surface area contributed by atoms with Crippen molar-refractivity contribution in [1.82, 2.24) is 0 Å². The molecule has 1 aliphatic heterocycles. The Kier molecular flexibility index (Phi) is 4.57. The fourth-order valence-corrected chi connectivity index (χ4v) is 3.60. The predicted octanol–water partition coefficient (Wildman–Crippen LogP) is 6.09. The second-order valence-corrected chi connectivity index (χ2v) is 6.94. The second-order valence-electron chi connectivity index (χ2n) is 6.06. The van der Waals surface area contributed by atoms with E-state index in [4.69, 9.17) is 4.99 Å². The van der Waals surface area contributed by atoms with Gasteiger partial charge in [0.15, 0.2) is 0 Å². The Hall–Kier alpha value is -2.52. The molecule has 0 aromatic heterocycles. The van der Waals surface area contributed by atoms with Crippen LogP contribution in [-0.4, -0.2) is 12.1 Å². The van der Waals surface area contributed by atoms with E-state index in [1.807, 2.05) is 18.2 Å². The average molecular weight is 344 g/mol. The molecule has 1 saturated heterocycles. The van der Waals surface area contributed by atoms with Gasteiger partial charge in [-0.25, -0.2) is 4.99 Å². The van der Waals surface area contributed by atoms with Crippen molar-refractivity contribution >= 4 is 29.0 Å². The summed E-state index contributed by atoms with van der Waals surface area (Å²) in [5, 5.41) is 0. The number of anilines is 1. The van der Waals surface area contributed by atoms with Gasteiger partial charge >= 0.3 is 0 Å². The number of hydrogen-bond acceptors (Lipinski definition) is 2. The summed E-state index contributed by atoms with van der Waals surface area (Å²) < 4.78 is 0. The van der Waals surface area contributed by atoms with Gasteiger partial charge in [-0.1, -0.05) is 48.5 Å². The van der Waals surface area contributed by atoms with E-state index in [1.165, 1.54) is 16.1 Å². The molecule has 25 heavy (non-hydrogen) atoms. The highest BCUT2D eigenvalue weighted by Crippen LogP contribution is 2.40. The zero-order chi connectivity index (χ0) is 17.1. The number of thioether (sulfide) groups is 1. The third-order valence-corrected chi connectivity index (χ3v) is 5.26. The minimum atomic E-state index is 0.351. The Balaban J connectivity index is 1.69. The van der Waals surface area contributed by atoms with Crippen molar-refractivity contribution < 1.29 is 0 Å². The van der Waals surface area contributed by atoms with Gasteiger partial charge in [-0.3, -0.25) is 0 Å². The van der Waals surface area contributed by atoms with Crippen LogP contribution in [0.5, 0.6) is 0 Å². The Labute approximate surface area is 153 Å². The second kappa shape index (κ2) is 7.16. The summed E-state index contributed by atoms with van der Waals surface area (Å²) in [6, 6.07) is 30.0. The molecular formula is C22H20N2S. The lowest BCUT2D eigenvalue weighted by Crippen LogP contribution is -2.46. The van der Waals surface area contributed by atoms with Crippen LogP contribution in [0.3, 0.4) is 0 Å². The molecule has 0 amide bonds. The molecule has 1 fully saturated rings. The molecule has 1 heterocycles. The van der Waals surface area contributed by atoms with Crippen molar-refractivity contribution in [2.75, 3.05) is 11.2 Å². The normalized spacial score (nSPS) is 18.2. The number of nitrogens with zero attached hydrogens (tertiary/aromatic N) is 2. The van der Waals surface area contributed by atoms with Crippen molar-refractivity contribution in [3.8, 4) is 0 Å². The van der Waals surface area contributed by atoms with Gasteiger partial charge in [0, 0.05) is 17.0 Å². The van der Waals surface area contributed by atoms with Crippen molar-refractivity contribution in [1.29, 1.82) is 0 Å². The molecule has 1 unspecified atom stereocenters. The Morgan fingerprint density at radius 3 is 2.12 bits per heavy atom. The Morgan fingerprint density at radius 1 is 0.840 bits per heavy atom. The van der Waals surface area contributed by atoms with Gasteiger partial charge in [-0.15, -0.1) is 11.8 Å². The molecule has 0 radical (unpaired) electrons. The number of para-hydroxylation sites is 1. The van der Waals surface area contributed by atoms with Gasteiger partial charge in [0.25, 0.3) is 0 Å². The lowest BCUT2D eigenvalue weighted by molar-refractivity contribution is 0.652. The third kappa shape index (κ3) is 3.33. The van der Waals surface area contributed by atoms with Crippen LogP contribution < -0.4 is 4.90 Å². The molecule has 0 spiro atoms. The predicted molar refractivity (Wildman–Crippen MR) is 108 cm³/mol. The maximum Gasteiger partial charge on any atom is 0.112 e. The van der Waals surface area contributed by atoms with E-state index in [2.05, 4.69) is 77.9 Å². The molecule has 4 rings (SSSR count). The summed E-state index contributed by atoms with van der Waals surface area (Å²) in [5.74, 6) is 1.12. The number of hydrogen-bond donors (Lipinski definition) is 0. The molecule has 0 saturated carbocycles. The van der Waals surface area contributed by atoms with Crippen molar-refractivity contribution in [2.24, 2.45) is 4.99 Å². The van der Waals surface area contributed by atoms with E-state index < -0.39 is 0 Å². The standard InChI is InChI=1S/C22H20N2S/c1-25-20-14-12-19(13-15-20)24-21(17-8-4-2-5-9-17)16-22(24)23-18-10-6-3-7-11-18/h2-15,21H,16H2,1H3. The fourth-order valence-electron chi connectivity index (χ4n) is 3.19. The molecule has 124 valence electrons. The van der Waals surface area contributed by atoms with Crippen LogP contribution in [0.2, 0.25) is 0 Å². The molecule has 1 atom stereocenters. The molecule has 3 aromatic rings. The Bertz CT molecular complexity index is 858. The molecule has 0 N–H and O–H groups in total. The van der Waals surface area contributed by atoms with Crippen LogP contribution in [0.4, 0.5) is 11.4 Å². The number of amidine groups is 1.